The normalized spacial score (nSPS) is 15.6. The Labute approximate surface area is 141 Å². The summed E-state index contributed by atoms with van der Waals surface area (Å²) in [5, 5.41) is 5.82. The highest BCUT2D eigenvalue weighted by molar-refractivity contribution is 5.92. The van der Waals surface area contributed by atoms with Crippen LogP contribution >= 0.6 is 0 Å². The summed E-state index contributed by atoms with van der Waals surface area (Å²) < 4.78 is 5.37. The summed E-state index contributed by atoms with van der Waals surface area (Å²) in [6.45, 7) is 4.80. The zero-order chi connectivity index (χ0) is 16.8. The molecule has 1 aliphatic heterocycles. The lowest BCUT2D eigenvalue weighted by atomic mass is 10.1. The molecule has 1 saturated heterocycles. The van der Waals surface area contributed by atoms with Crippen molar-refractivity contribution in [3.05, 3.63) is 48.4 Å². The Hall–Kier alpha value is -2.67. The van der Waals surface area contributed by atoms with Crippen molar-refractivity contribution in [2.24, 2.45) is 0 Å². The average Bonchev–Trinajstić information content (AvgIpc) is 2.63. The topological polar surface area (TPSA) is 79.4 Å². The molecule has 0 unspecified atom stereocenters. The third kappa shape index (κ3) is 3.99. The number of rotatable bonds is 4. The standard InChI is InChI=1S/C17H21N5O2/c1-13(14-4-7-18-8-5-14)20-17(23)21-15-3-2-6-19-16(15)22-9-11-24-12-10-22/h2-8,13H,9-12H2,1H3,(H2,20,21,23)/t13-/m0/s1. The van der Waals surface area contributed by atoms with E-state index in [4.69, 9.17) is 4.74 Å². The van der Waals surface area contributed by atoms with E-state index in [0.717, 1.165) is 24.5 Å². The molecule has 24 heavy (non-hydrogen) atoms. The fraction of sp³-hybridized carbons (Fsp3) is 0.353. The Balaban J connectivity index is 1.66. The van der Waals surface area contributed by atoms with E-state index in [1.54, 1.807) is 18.6 Å². The molecule has 2 aromatic heterocycles. The van der Waals surface area contributed by atoms with E-state index in [2.05, 4.69) is 25.5 Å². The van der Waals surface area contributed by atoms with Crippen molar-refractivity contribution in [1.29, 1.82) is 0 Å². The molecule has 7 nitrogen and oxygen atoms in total. The molecule has 1 aliphatic rings. The minimum atomic E-state index is -0.262. The van der Waals surface area contributed by atoms with Crippen LogP contribution in [0.2, 0.25) is 0 Å². The molecule has 7 heteroatoms. The average molecular weight is 327 g/mol. The number of nitrogens with zero attached hydrogens (tertiary/aromatic N) is 3. The molecule has 2 aromatic rings. The van der Waals surface area contributed by atoms with Crippen molar-refractivity contribution in [2.75, 3.05) is 36.5 Å². The smallest absolute Gasteiger partial charge is 0.319 e. The SMILES string of the molecule is C[C@H](NC(=O)Nc1cccnc1N1CCOCC1)c1ccncc1. The first-order valence-electron chi connectivity index (χ1n) is 7.99. The first-order chi connectivity index (χ1) is 11.7. The zero-order valence-corrected chi connectivity index (χ0v) is 13.6. The summed E-state index contributed by atoms with van der Waals surface area (Å²) >= 11 is 0. The molecule has 3 heterocycles. The highest BCUT2D eigenvalue weighted by atomic mass is 16.5. The van der Waals surface area contributed by atoms with Crippen LogP contribution < -0.4 is 15.5 Å². The molecule has 2 N–H and O–H groups in total. The van der Waals surface area contributed by atoms with Crippen molar-refractivity contribution in [3.8, 4) is 0 Å². The van der Waals surface area contributed by atoms with Gasteiger partial charge in [-0.1, -0.05) is 0 Å². The number of hydrogen-bond acceptors (Lipinski definition) is 5. The molecule has 126 valence electrons. The fourth-order valence-electron chi connectivity index (χ4n) is 2.61. The van der Waals surface area contributed by atoms with Gasteiger partial charge in [-0.15, -0.1) is 0 Å². The molecular weight excluding hydrogens is 306 g/mol. The molecule has 2 amide bonds. The summed E-state index contributed by atoms with van der Waals surface area (Å²) in [4.78, 5) is 22.8. The van der Waals surface area contributed by atoms with Crippen molar-refractivity contribution < 1.29 is 9.53 Å². The summed E-state index contributed by atoms with van der Waals surface area (Å²) in [6.07, 6.45) is 5.15. The summed E-state index contributed by atoms with van der Waals surface area (Å²) in [5.74, 6) is 0.771. The van der Waals surface area contributed by atoms with E-state index in [1.807, 2.05) is 31.2 Å². The van der Waals surface area contributed by atoms with Gasteiger partial charge in [-0.3, -0.25) is 4.98 Å². The molecule has 0 spiro atoms. The molecule has 3 rings (SSSR count). The van der Waals surface area contributed by atoms with Gasteiger partial charge in [0.1, 0.15) is 0 Å². The first kappa shape index (κ1) is 16.2. The van der Waals surface area contributed by atoms with Crippen LogP contribution in [0, 0.1) is 0 Å². The van der Waals surface area contributed by atoms with E-state index in [9.17, 15) is 4.79 Å². The van der Waals surface area contributed by atoms with E-state index in [1.165, 1.54) is 0 Å². The highest BCUT2D eigenvalue weighted by Crippen LogP contribution is 2.23. The van der Waals surface area contributed by atoms with Crippen molar-refractivity contribution in [2.45, 2.75) is 13.0 Å². The van der Waals surface area contributed by atoms with Crippen LogP contribution in [-0.4, -0.2) is 42.3 Å². The van der Waals surface area contributed by atoms with Crippen LogP contribution in [0.3, 0.4) is 0 Å². The van der Waals surface area contributed by atoms with Crippen molar-refractivity contribution in [1.82, 2.24) is 15.3 Å². The van der Waals surface area contributed by atoms with Gasteiger partial charge in [0.05, 0.1) is 24.9 Å². The van der Waals surface area contributed by atoms with Gasteiger partial charge in [0, 0.05) is 31.7 Å². The summed E-state index contributed by atoms with van der Waals surface area (Å²) in [5.41, 5.74) is 1.69. The van der Waals surface area contributed by atoms with E-state index >= 15 is 0 Å². The van der Waals surface area contributed by atoms with Gasteiger partial charge in [0.15, 0.2) is 5.82 Å². The lowest BCUT2D eigenvalue weighted by Crippen LogP contribution is -2.38. The van der Waals surface area contributed by atoms with Crippen LogP contribution in [-0.2, 0) is 4.74 Å². The monoisotopic (exact) mass is 327 g/mol. The van der Waals surface area contributed by atoms with Crippen molar-refractivity contribution >= 4 is 17.5 Å². The quantitative estimate of drug-likeness (QED) is 0.900. The van der Waals surface area contributed by atoms with Gasteiger partial charge in [-0.2, -0.15) is 0 Å². The van der Waals surface area contributed by atoms with Crippen molar-refractivity contribution in [3.63, 3.8) is 0 Å². The zero-order valence-electron chi connectivity index (χ0n) is 13.6. The van der Waals surface area contributed by atoms with Crippen LogP contribution in [0.25, 0.3) is 0 Å². The molecular formula is C17H21N5O2. The Kier molecular flexibility index (Phi) is 5.22. The number of hydrogen-bond donors (Lipinski definition) is 2. The highest BCUT2D eigenvalue weighted by Gasteiger charge is 2.17. The second-order valence-electron chi connectivity index (χ2n) is 5.57. The Morgan fingerprint density at radius 2 is 1.96 bits per heavy atom. The molecule has 0 bridgehead atoms. The summed E-state index contributed by atoms with van der Waals surface area (Å²) in [6, 6.07) is 7.06. The predicted molar refractivity (Wildman–Crippen MR) is 92.1 cm³/mol. The molecule has 0 aromatic carbocycles. The van der Waals surface area contributed by atoms with Crippen LogP contribution in [0.15, 0.2) is 42.9 Å². The van der Waals surface area contributed by atoms with Gasteiger partial charge in [0.25, 0.3) is 0 Å². The maximum absolute atomic E-state index is 12.3. The second kappa shape index (κ2) is 7.74. The maximum atomic E-state index is 12.3. The molecule has 1 fully saturated rings. The van der Waals surface area contributed by atoms with Gasteiger partial charge < -0.3 is 20.3 Å². The number of anilines is 2. The van der Waals surface area contributed by atoms with E-state index in [0.29, 0.717) is 18.9 Å². The lowest BCUT2D eigenvalue weighted by molar-refractivity contribution is 0.122. The Bertz CT molecular complexity index is 674. The van der Waals surface area contributed by atoms with Crippen LogP contribution in [0.4, 0.5) is 16.3 Å². The van der Waals surface area contributed by atoms with Crippen LogP contribution in [0.1, 0.15) is 18.5 Å². The number of carbonyl (C=O) groups is 1. The van der Waals surface area contributed by atoms with Gasteiger partial charge in [-0.25, -0.2) is 9.78 Å². The number of amides is 2. The molecule has 1 atom stereocenters. The largest absolute Gasteiger partial charge is 0.378 e. The lowest BCUT2D eigenvalue weighted by Gasteiger charge is -2.29. The number of nitrogens with one attached hydrogen (secondary N) is 2. The molecule has 0 aliphatic carbocycles. The number of aromatic nitrogens is 2. The summed E-state index contributed by atoms with van der Waals surface area (Å²) in [7, 11) is 0. The van der Waals surface area contributed by atoms with Gasteiger partial charge in [-0.05, 0) is 36.8 Å². The maximum Gasteiger partial charge on any atom is 0.319 e. The number of pyridine rings is 2. The molecule has 0 radical (unpaired) electrons. The van der Waals surface area contributed by atoms with Gasteiger partial charge in [0.2, 0.25) is 0 Å². The first-order valence-corrected chi connectivity index (χ1v) is 7.99. The predicted octanol–water partition coefficient (Wildman–Crippen LogP) is 2.20. The minimum Gasteiger partial charge on any atom is -0.378 e. The van der Waals surface area contributed by atoms with Crippen LogP contribution in [0.5, 0.6) is 0 Å². The number of ether oxygens (including phenoxy) is 1. The van der Waals surface area contributed by atoms with E-state index in [-0.39, 0.29) is 12.1 Å². The second-order valence-corrected chi connectivity index (χ2v) is 5.57. The third-order valence-electron chi connectivity index (χ3n) is 3.90. The number of urea groups is 1. The number of morpholine rings is 1. The Morgan fingerprint density at radius 3 is 2.71 bits per heavy atom. The third-order valence-corrected chi connectivity index (χ3v) is 3.90. The fourth-order valence-corrected chi connectivity index (χ4v) is 2.61. The molecule has 0 saturated carbocycles. The van der Waals surface area contributed by atoms with Gasteiger partial charge >= 0.3 is 6.03 Å². The van der Waals surface area contributed by atoms with E-state index < -0.39 is 0 Å². The Morgan fingerprint density at radius 1 is 1.21 bits per heavy atom. The minimum absolute atomic E-state index is 0.114. The number of carbonyl (C=O) groups excluding carboxylic acids is 1.